The van der Waals surface area contributed by atoms with Gasteiger partial charge in [-0.25, -0.2) is 13.6 Å². The van der Waals surface area contributed by atoms with Crippen LogP contribution in [0.2, 0.25) is 0 Å². The van der Waals surface area contributed by atoms with E-state index in [1.165, 1.54) is 10.7 Å². The summed E-state index contributed by atoms with van der Waals surface area (Å²) in [6, 6.07) is 1.49. The Kier molecular flexibility index (Phi) is 2.83. The number of nitrogens with two attached hydrogens (primary N) is 1. The van der Waals surface area contributed by atoms with Gasteiger partial charge in [0.1, 0.15) is 0 Å². The molecular weight excluding hydrogens is 230 g/mol. The van der Waals surface area contributed by atoms with Crippen molar-refractivity contribution in [2.75, 3.05) is 13.2 Å². The highest BCUT2D eigenvalue weighted by Crippen LogP contribution is 2.21. The minimum Gasteiger partial charge on any atom is -0.377 e. The molecule has 7 heteroatoms. The summed E-state index contributed by atoms with van der Waals surface area (Å²) in [5.41, 5.74) is 1.64. The van der Waals surface area contributed by atoms with E-state index in [9.17, 15) is 8.42 Å². The van der Waals surface area contributed by atoms with E-state index in [0.717, 1.165) is 12.0 Å². The number of sulfonamides is 1. The summed E-state index contributed by atoms with van der Waals surface area (Å²) in [7, 11) is -2.15. The SMILES string of the molecule is Cn1nc(C2=CCOCC2)cc1S(N)(=O)=O. The van der Waals surface area contributed by atoms with E-state index >= 15 is 0 Å². The first-order chi connectivity index (χ1) is 7.48. The summed E-state index contributed by atoms with van der Waals surface area (Å²) < 4.78 is 28.9. The van der Waals surface area contributed by atoms with Crippen molar-refractivity contribution in [2.45, 2.75) is 11.4 Å². The summed E-state index contributed by atoms with van der Waals surface area (Å²) in [5, 5.41) is 9.23. The molecule has 0 amide bonds. The zero-order chi connectivity index (χ0) is 11.8. The van der Waals surface area contributed by atoms with Crippen molar-refractivity contribution < 1.29 is 13.2 Å². The first-order valence-electron chi connectivity index (χ1n) is 4.82. The summed E-state index contributed by atoms with van der Waals surface area (Å²) in [5.74, 6) is 0. The van der Waals surface area contributed by atoms with Gasteiger partial charge in [-0.3, -0.25) is 4.68 Å². The first-order valence-corrected chi connectivity index (χ1v) is 6.37. The highest BCUT2D eigenvalue weighted by atomic mass is 32.2. The van der Waals surface area contributed by atoms with Crippen LogP contribution in [-0.4, -0.2) is 31.4 Å². The summed E-state index contributed by atoms with van der Waals surface area (Å²) in [6.07, 6.45) is 2.64. The molecule has 0 saturated heterocycles. The van der Waals surface area contributed by atoms with Crippen molar-refractivity contribution in [3.8, 4) is 0 Å². The van der Waals surface area contributed by atoms with Crippen molar-refractivity contribution in [1.82, 2.24) is 9.78 Å². The molecule has 1 aromatic heterocycles. The van der Waals surface area contributed by atoms with Crippen LogP contribution in [0.15, 0.2) is 17.2 Å². The number of hydrogen-bond donors (Lipinski definition) is 1. The highest BCUT2D eigenvalue weighted by Gasteiger charge is 2.18. The van der Waals surface area contributed by atoms with Crippen LogP contribution in [0, 0.1) is 0 Å². The fourth-order valence-corrected chi connectivity index (χ4v) is 2.32. The molecule has 1 aliphatic rings. The number of nitrogens with zero attached hydrogens (tertiary/aromatic N) is 2. The Hall–Kier alpha value is -1.18. The molecule has 2 heterocycles. The molecule has 0 unspecified atom stereocenters. The van der Waals surface area contributed by atoms with Crippen molar-refractivity contribution in [3.05, 3.63) is 17.8 Å². The second kappa shape index (κ2) is 4.00. The largest absolute Gasteiger partial charge is 0.377 e. The van der Waals surface area contributed by atoms with Crippen molar-refractivity contribution in [3.63, 3.8) is 0 Å². The fourth-order valence-electron chi connectivity index (χ4n) is 1.63. The maximum Gasteiger partial charge on any atom is 0.255 e. The third-order valence-corrected chi connectivity index (χ3v) is 3.39. The average molecular weight is 243 g/mol. The van der Waals surface area contributed by atoms with Crippen molar-refractivity contribution >= 4 is 15.6 Å². The molecule has 0 radical (unpaired) electrons. The molecule has 0 saturated carbocycles. The van der Waals surface area contributed by atoms with Gasteiger partial charge < -0.3 is 4.74 Å². The van der Waals surface area contributed by atoms with Gasteiger partial charge in [0.25, 0.3) is 10.0 Å². The van der Waals surface area contributed by atoms with Gasteiger partial charge in [0, 0.05) is 13.1 Å². The molecule has 1 aliphatic heterocycles. The summed E-state index contributed by atoms with van der Waals surface area (Å²) >= 11 is 0. The lowest BCUT2D eigenvalue weighted by molar-refractivity contribution is 0.161. The molecule has 0 aliphatic carbocycles. The first kappa shape index (κ1) is 11.3. The average Bonchev–Trinajstić information content (AvgIpc) is 2.61. The molecule has 1 aromatic rings. The van der Waals surface area contributed by atoms with Crippen molar-refractivity contribution in [1.29, 1.82) is 0 Å². The van der Waals surface area contributed by atoms with Gasteiger partial charge in [0.15, 0.2) is 5.03 Å². The third-order valence-electron chi connectivity index (χ3n) is 2.42. The molecule has 6 nitrogen and oxygen atoms in total. The minimum atomic E-state index is -3.71. The molecule has 88 valence electrons. The maximum atomic E-state index is 11.2. The van der Waals surface area contributed by atoms with E-state index in [1.54, 1.807) is 7.05 Å². The van der Waals surface area contributed by atoms with E-state index in [2.05, 4.69) is 5.10 Å². The van der Waals surface area contributed by atoms with E-state index in [0.29, 0.717) is 18.9 Å². The van der Waals surface area contributed by atoms with Crippen LogP contribution < -0.4 is 5.14 Å². The molecule has 0 aromatic carbocycles. The molecule has 2 N–H and O–H groups in total. The summed E-state index contributed by atoms with van der Waals surface area (Å²) in [4.78, 5) is 0. The quantitative estimate of drug-likeness (QED) is 0.784. The van der Waals surface area contributed by atoms with Crippen LogP contribution in [0.3, 0.4) is 0 Å². The topological polar surface area (TPSA) is 87.2 Å². The number of aromatic nitrogens is 2. The molecular formula is C9H13N3O3S. The smallest absolute Gasteiger partial charge is 0.255 e. The number of hydrogen-bond acceptors (Lipinski definition) is 4. The number of aryl methyl sites for hydroxylation is 1. The fraction of sp³-hybridized carbons (Fsp3) is 0.444. The Labute approximate surface area is 93.7 Å². The van der Waals surface area contributed by atoms with Gasteiger partial charge >= 0.3 is 0 Å². The van der Waals surface area contributed by atoms with E-state index in [1.807, 2.05) is 6.08 Å². The van der Waals surface area contributed by atoms with Gasteiger partial charge in [-0.05, 0) is 12.0 Å². The lowest BCUT2D eigenvalue weighted by Crippen LogP contribution is -2.16. The predicted octanol–water partition coefficient (Wildman–Crippen LogP) is -0.129. The monoisotopic (exact) mass is 243 g/mol. The van der Waals surface area contributed by atoms with Gasteiger partial charge in [0.2, 0.25) is 0 Å². The zero-order valence-corrected chi connectivity index (χ0v) is 9.70. The maximum absolute atomic E-state index is 11.2. The van der Waals surface area contributed by atoms with Crippen LogP contribution in [0.25, 0.3) is 5.57 Å². The van der Waals surface area contributed by atoms with Crippen LogP contribution in [-0.2, 0) is 21.8 Å². The van der Waals surface area contributed by atoms with E-state index in [-0.39, 0.29) is 5.03 Å². The number of ether oxygens (including phenoxy) is 1. The minimum absolute atomic E-state index is 0.0230. The normalized spacial score (nSPS) is 17.2. The Bertz CT molecular complexity index is 530. The number of rotatable bonds is 2. The molecule has 0 fully saturated rings. The standard InChI is InChI=1S/C9H13N3O3S/c1-12-9(16(10,13)14)6-8(11-12)7-2-4-15-5-3-7/h2,6H,3-5H2,1H3,(H2,10,13,14). The third kappa shape index (κ3) is 2.16. The van der Waals surface area contributed by atoms with Crippen LogP contribution in [0.5, 0.6) is 0 Å². The van der Waals surface area contributed by atoms with Crippen LogP contribution in [0.4, 0.5) is 0 Å². The molecule has 0 atom stereocenters. The van der Waals surface area contributed by atoms with Gasteiger partial charge in [-0.15, -0.1) is 0 Å². The Morgan fingerprint density at radius 3 is 2.81 bits per heavy atom. The van der Waals surface area contributed by atoms with Gasteiger partial charge in [-0.2, -0.15) is 5.10 Å². The van der Waals surface area contributed by atoms with Crippen molar-refractivity contribution in [2.24, 2.45) is 12.2 Å². The Morgan fingerprint density at radius 2 is 2.31 bits per heavy atom. The lowest BCUT2D eigenvalue weighted by atomic mass is 10.1. The van der Waals surface area contributed by atoms with Crippen LogP contribution in [0.1, 0.15) is 12.1 Å². The predicted molar refractivity (Wildman–Crippen MR) is 58.0 cm³/mol. The Balaban J connectivity index is 2.41. The second-order valence-corrected chi connectivity index (χ2v) is 5.10. The van der Waals surface area contributed by atoms with E-state index in [4.69, 9.17) is 9.88 Å². The lowest BCUT2D eigenvalue weighted by Gasteiger charge is -2.10. The second-order valence-electron chi connectivity index (χ2n) is 3.59. The van der Waals surface area contributed by atoms with Gasteiger partial charge in [0.05, 0.1) is 18.9 Å². The summed E-state index contributed by atoms with van der Waals surface area (Å²) in [6.45, 7) is 1.17. The number of primary sulfonamides is 1. The molecule has 16 heavy (non-hydrogen) atoms. The van der Waals surface area contributed by atoms with Crippen LogP contribution >= 0.6 is 0 Å². The molecule has 2 rings (SSSR count). The Morgan fingerprint density at radius 1 is 1.56 bits per heavy atom. The van der Waals surface area contributed by atoms with E-state index < -0.39 is 10.0 Å². The zero-order valence-electron chi connectivity index (χ0n) is 8.88. The highest BCUT2D eigenvalue weighted by molar-refractivity contribution is 7.89. The van der Waals surface area contributed by atoms with Gasteiger partial charge in [-0.1, -0.05) is 6.08 Å². The molecule has 0 bridgehead atoms. The molecule has 0 spiro atoms.